The Kier molecular flexibility index (Phi) is 4.49. The highest BCUT2D eigenvalue weighted by atomic mass is 16.5. The van der Waals surface area contributed by atoms with Crippen molar-refractivity contribution in [1.82, 2.24) is 0 Å². The van der Waals surface area contributed by atoms with Gasteiger partial charge in [0.05, 0.1) is 0 Å². The van der Waals surface area contributed by atoms with E-state index in [9.17, 15) is 19.8 Å². The third-order valence-electron chi connectivity index (χ3n) is 3.92. The summed E-state index contributed by atoms with van der Waals surface area (Å²) in [7, 11) is 0. The van der Waals surface area contributed by atoms with E-state index in [1.165, 1.54) is 6.08 Å². The number of anilines is 1. The van der Waals surface area contributed by atoms with Gasteiger partial charge in [0.1, 0.15) is 0 Å². The van der Waals surface area contributed by atoms with Gasteiger partial charge in [0.25, 0.3) is 0 Å². The van der Waals surface area contributed by atoms with Crippen molar-refractivity contribution in [3.05, 3.63) is 76.4 Å². The molecule has 0 radical (unpaired) electrons. The smallest absolute Gasteiger partial charge is 0.345 e. The number of carboxylic acids is 1. The van der Waals surface area contributed by atoms with E-state index < -0.39 is 17.3 Å². The number of para-hydroxylation sites is 1. The summed E-state index contributed by atoms with van der Waals surface area (Å²) in [6.07, 6.45) is 1.43. The first-order valence-corrected chi connectivity index (χ1v) is 7.89. The summed E-state index contributed by atoms with van der Waals surface area (Å²) in [6, 6.07) is 12.1. The van der Waals surface area contributed by atoms with Crippen molar-refractivity contribution in [3.63, 3.8) is 0 Å². The number of carbonyl (C=O) groups excluding carboxylic acids is 1. The Balaban J connectivity index is 1.95. The van der Waals surface area contributed by atoms with E-state index >= 15 is 0 Å². The highest BCUT2D eigenvalue weighted by Crippen LogP contribution is 2.29. The molecule has 3 rings (SSSR count). The lowest BCUT2D eigenvalue weighted by Crippen LogP contribution is -2.12. The molecule has 0 unspecified atom stereocenters. The Morgan fingerprint density at radius 3 is 2.35 bits per heavy atom. The maximum absolute atomic E-state index is 12.5. The van der Waals surface area contributed by atoms with Gasteiger partial charge in [-0.1, -0.05) is 41.5 Å². The third-order valence-corrected chi connectivity index (χ3v) is 3.92. The predicted octanol–water partition coefficient (Wildman–Crippen LogP) is 2.73. The molecule has 0 fully saturated rings. The topological polar surface area (TPSA) is 98.7 Å². The Morgan fingerprint density at radius 1 is 1.15 bits per heavy atom. The summed E-state index contributed by atoms with van der Waals surface area (Å²) in [5.74, 6) is -2.41. The number of nitrogens with one attached hydrogen (secondary N) is 1. The Hall–Kier alpha value is -3.54. The molecule has 132 valence electrons. The second kappa shape index (κ2) is 6.76. The number of rotatable bonds is 4. The second-order valence-corrected chi connectivity index (χ2v) is 5.92. The molecular weight excluding hydrogens is 334 g/mol. The molecule has 0 saturated carbocycles. The summed E-state index contributed by atoms with van der Waals surface area (Å²) >= 11 is 0. The van der Waals surface area contributed by atoms with Crippen LogP contribution in [0, 0.1) is 13.8 Å². The van der Waals surface area contributed by atoms with Gasteiger partial charge in [-0.05, 0) is 37.6 Å². The van der Waals surface area contributed by atoms with Crippen molar-refractivity contribution in [2.24, 2.45) is 0 Å². The van der Waals surface area contributed by atoms with E-state index in [2.05, 4.69) is 5.32 Å². The molecule has 0 atom stereocenters. The molecule has 1 aliphatic heterocycles. The lowest BCUT2D eigenvalue weighted by molar-refractivity contribution is -0.270. The SMILES string of the molecule is Cc1cc(/C=C2\OC(Nc3ccccc3)=C(C(=O)O)C2=O)cc(C)c1[O-]. The number of carboxylic acid groups (broad SMARTS) is 1. The van der Waals surface area contributed by atoms with Gasteiger partial charge in [-0.3, -0.25) is 4.79 Å². The van der Waals surface area contributed by atoms with E-state index in [0.717, 1.165) is 0 Å². The van der Waals surface area contributed by atoms with Crippen LogP contribution in [0.3, 0.4) is 0 Å². The van der Waals surface area contributed by atoms with Crippen molar-refractivity contribution in [3.8, 4) is 5.75 Å². The van der Waals surface area contributed by atoms with E-state index in [0.29, 0.717) is 22.4 Å². The fraction of sp³-hybridized carbons (Fsp3) is 0.100. The number of hydrogen-bond donors (Lipinski definition) is 2. The van der Waals surface area contributed by atoms with Gasteiger partial charge in [-0.2, -0.15) is 0 Å². The van der Waals surface area contributed by atoms with Crippen LogP contribution in [0.15, 0.2) is 59.7 Å². The van der Waals surface area contributed by atoms with Crippen LogP contribution >= 0.6 is 0 Å². The molecular formula is C20H16NO5-. The lowest BCUT2D eigenvalue weighted by atomic mass is 10.0. The van der Waals surface area contributed by atoms with E-state index in [4.69, 9.17) is 4.74 Å². The van der Waals surface area contributed by atoms with Gasteiger partial charge in [-0.25, -0.2) is 4.79 Å². The van der Waals surface area contributed by atoms with Gasteiger partial charge >= 0.3 is 5.97 Å². The normalized spacial score (nSPS) is 15.3. The summed E-state index contributed by atoms with van der Waals surface area (Å²) in [5.41, 5.74) is 1.80. The van der Waals surface area contributed by atoms with E-state index in [1.54, 1.807) is 50.2 Å². The molecule has 0 aromatic heterocycles. The molecule has 1 aliphatic rings. The van der Waals surface area contributed by atoms with Crippen LogP contribution in [0.2, 0.25) is 0 Å². The van der Waals surface area contributed by atoms with Crippen molar-refractivity contribution in [1.29, 1.82) is 0 Å². The van der Waals surface area contributed by atoms with Crippen LogP contribution in [0.4, 0.5) is 5.69 Å². The average molecular weight is 350 g/mol. The number of allylic oxidation sites excluding steroid dienone is 1. The maximum Gasteiger partial charge on any atom is 0.345 e. The maximum atomic E-state index is 12.5. The largest absolute Gasteiger partial charge is 0.872 e. The Labute approximate surface area is 150 Å². The molecule has 2 aromatic carbocycles. The van der Waals surface area contributed by atoms with Crippen molar-refractivity contribution < 1.29 is 24.5 Å². The molecule has 1 heterocycles. The molecule has 0 amide bonds. The van der Waals surface area contributed by atoms with E-state index in [1.807, 2.05) is 6.07 Å². The minimum Gasteiger partial charge on any atom is -0.872 e. The van der Waals surface area contributed by atoms with Gasteiger partial charge in [-0.15, -0.1) is 5.75 Å². The number of hydrogen-bond acceptors (Lipinski definition) is 5. The molecule has 26 heavy (non-hydrogen) atoms. The number of benzene rings is 2. The minimum absolute atomic E-state index is 0.0680. The van der Waals surface area contributed by atoms with Gasteiger partial charge in [0.2, 0.25) is 11.7 Å². The summed E-state index contributed by atoms with van der Waals surface area (Å²) in [5, 5.41) is 24.0. The number of Topliss-reactive ketones (excluding diaryl/α,β-unsaturated/α-hetero) is 1. The Bertz CT molecular complexity index is 934. The third kappa shape index (κ3) is 3.30. The second-order valence-electron chi connectivity index (χ2n) is 5.92. The molecule has 2 N–H and O–H groups in total. The average Bonchev–Trinajstić information content (AvgIpc) is 2.89. The van der Waals surface area contributed by atoms with Crippen molar-refractivity contribution in [2.75, 3.05) is 5.32 Å². The molecule has 2 aromatic rings. The van der Waals surface area contributed by atoms with Gasteiger partial charge in [0.15, 0.2) is 11.3 Å². The number of aryl methyl sites for hydroxylation is 2. The van der Waals surface area contributed by atoms with Crippen LogP contribution in [-0.4, -0.2) is 16.9 Å². The van der Waals surface area contributed by atoms with Crippen LogP contribution in [0.25, 0.3) is 6.08 Å². The van der Waals surface area contributed by atoms with Gasteiger partial charge in [0, 0.05) is 5.69 Å². The van der Waals surface area contributed by atoms with Gasteiger partial charge < -0.3 is 20.3 Å². The zero-order valence-corrected chi connectivity index (χ0v) is 14.2. The summed E-state index contributed by atoms with van der Waals surface area (Å²) in [6.45, 7) is 3.36. The molecule has 6 heteroatoms. The predicted molar refractivity (Wildman–Crippen MR) is 94.2 cm³/mol. The van der Waals surface area contributed by atoms with E-state index in [-0.39, 0.29) is 17.4 Å². The van der Waals surface area contributed by atoms with Crippen LogP contribution in [-0.2, 0) is 14.3 Å². The number of aliphatic carboxylic acids is 1. The highest BCUT2D eigenvalue weighted by molar-refractivity contribution is 6.26. The first-order chi connectivity index (χ1) is 12.4. The quantitative estimate of drug-likeness (QED) is 0.650. The fourth-order valence-electron chi connectivity index (χ4n) is 2.68. The Morgan fingerprint density at radius 2 is 1.77 bits per heavy atom. The van der Waals surface area contributed by atoms with Crippen molar-refractivity contribution >= 4 is 23.5 Å². The first kappa shape index (κ1) is 17.3. The molecule has 0 saturated heterocycles. The fourth-order valence-corrected chi connectivity index (χ4v) is 2.68. The number of ketones is 1. The molecule has 0 bridgehead atoms. The summed E-state index contributed by atoms with van der Waals surface area (Å²) in [4.78, 5) is 24.0. The zero-order chi connectivity index (χ0) is 18.8. The summed E-state index contributed by atoms with van der Waals surface area (Å²) < 4.78 is 5.49. The van der Waals surface area contributed by atoms with Crippen LogP contribution in [0.1, 0.15) is 16.7 Å². The minimum atomic E-state index is -1.38. The molecule has 6 nitrogen and oxygen atoms in total. The monoisotopic (exact) mass is 350 g/mol. The van der Waals surface area contributed by atoms with Crippen molar-refractivity contribution in [2.45, 2.75) is 13.8 Å². The number of carbonyl (C=O) groups is 2. The van der Waals surface area contributed by atoms with Crippen LogP contribution in [0.5, 0.6) is 5.75 Å². The lowest BCUT2D eigenvalue weighted by Gasteiger charge is -2.15. The zero-order valence-electron chi connectivity index (χ0n) is 14.2. The highest BCUT2D eigenvalue weighted by Gasteiger charge is 2.35. The molecule has 0 spiro atoms. The van der Waals surface area contributed by atoms with Crippen LogP contribution < -0.4 is 10.4 Å². The first-order valence-electron chi connectivity index (χ1n) is 7.89. The molecule has 0 aliphatic carbocycles. The standard InChI is InChI=1S/C20H17NO5/c1-11-8-13(9-12(2)17(11)22)10-15-18(23)16(20(24)25)19(26-15)21-14-6-4-3-5-7-14/h3-10,21-22H,1-2H3,(H,24,25)/p-1/b15-10-. The number of ether oxygens (including phenoxy) is 1.